The van der Waals surface area contributed by atoms with E-state index in [1.165, 1.54) is 12.1 Å². The first-order valence-electron chi connectivity index (χ1n) is 5.20. The Morgan fingerprint density at radius 2 is 1.65 bits per heavy atom. The molecular formula is C12H14F3NO. The number of nitrogens with two attached hydrogens (primary N) is 1. The Labute approximate surface area is 97.6 Å². The summed E-state index contributed by atoms with van der Waals surface area (Å²) >= 11 is 0. The molecule has 0 aliphatic rings. The minimum absolute atomic E-state index is 0.0516. The third-order valence-corrected chi connectivity index (χ3v) is 2.57. The third-order valence-electron chi connectivity index (χ3n) is 2.57. The van der Waals surface area contributed by atoms with Gasteiger partial charge in [0.2, 0.25) is 5.91 Å². The minimum Gasteiger partial charge on any atom is -0.369 e. The van der Waals surface area contributed by atoms with Crippen LogP contribution in [-0.4, -0.2) is 5.91 Å². The van der Waals surface area contributed by atoms with Crippen LogP contribution in [0.3, 0.4) is 0 Å². The standard InChI is InChI=1S/C12H14F3NO/c1-7(2)10(11(16)17)8-3-5-9(6-4-8)12(13,14)15/h3-7,10H,1-2H3,(H2,16,17). The number of hydrogen-bond acceptors (Lipinski definition) is 1. The second-order valence-corrected chi connectivity index (χ2v) is 4.24. The molecule has 1 unspecified atom stereocenters. The van der Waals surface area contributed by atoms with Crippen molar-refractivity contribution in [2.24, 2.45) is 11.7 Å². The van der Waals surface area contributed by atoms with Crippen molar-refractivity contribution in [3.8, 4) is 0 Å². The molecule has 1 atom stereocenters. The van der Waals surface area contributed by atoms with E-state index in [9.17, 15) is 18.0 Å². The molecule has 17 heavy (non-hydrogen) atoms. The van der Waals surface area contributed by atoms with Crippen LogP contribution in [0.2, 0.25) is 0 Å². The highest BCUT2D eigenvalue weighted by atomic mass is 19.4. The van der Waals surface area contributed by atoms with Crippen molar-refractivity contribution >= 4 is 5.91 Å². The summed E-state index contributed by atoms with van der Waals surface area (Å²) in [6.45, 7) is 3.60. The van der Waals surface area contributed by atoms with Gasteiger partial charge < -0.3 is 5.73 Å². The number of alkyl halides is 3. The summed E-state index contributed by atoms with van der Waals surface area (Å²) in [7, 11) is 0. The van der Waals surface area contributed by atoms with Crippen LogP contribution in [-0.2, 0) is 11.0 Å². The highest BCUT2D eigenvalue weighted by Crippen LogP contribution is 2.31. The number of hydrogen-bond donors (Lipinski definition) is 1. The van der Waals surface area contributed by atoms with E-state index < -0.39 is 23.6 Å². The van der Waals surface area contributed by atoms with Crippen LogP contribution in [0.5, 0.6) is 0 Å². The number of amides is 1. The first-order chi connectivity index (χ1) is 7.73. The van der Waals surface area contributed by atoms with Crippen LogP contribution in [0.25, 0.3) is 0 Å². The zero-order chi connectivity index (χ0) is 13.2. The van der Waals surface area contributed by atoms with Gasteiger partial charge >= 0.3 is 6.18 Å². The summed E-state index contributed by atoms with van der Waals surface area (Å²) in [6.07, 6.45) is -4.36. The summed E-state index contributed by atoms with van der Waals surface area (Å²) < 4.78 is 37.0. The van der Waals surface area contributed by atoms with Gasteiger partial charge in [0.05, 0.1) is 11.5 Å². The fraction of sp³-hybridized carbons (Fsp3) is 0.417. The van der Waals surface area contributed by atoms with Gasteiger partial charge in [0.1, 0.15) is 0 Å². The van der Waals surface area contributed by atoms with Gasteiger partial charge in [-0.2, -0.15) is 13.2 Å². The Kier molecular flexibility index (Phi) is 3.80. The van der Waals surface area contributed by atoms with Crippen LogP contribution < -0.4 is 5.73 Å². The highest BCUT2D eigenvalue weighted by molar-refractivity contribution is 5.82. The second-order valence-electron chi connectivity index (χ2n) is 4.24. The van der Waals surface area contributed by atoms with E-state index in [0.29, 0.717) is 5.56 Å². The van der Waals surface area contributed by atoms with Gasteiger partial charge in [-0.15, -0.1) is 0 Å². The van der Waals surface area contributed by atoms with Crippen molar-refractivity contribution in [1.82, 2.24) is 0 Å². The lowest BCUT2D eigenvalue weighted by Gasteiger charge is -2.18. The van der Waals surface area contributed by atoms with E-state index in [1.54, 1.807) is 13.8 Å². The smallest absolute Gasteiger partial charge is 0.369 e. The number of primary amides is 1. The molecule has 0 aromatic heterocycles. The van der Waals surface area contributed by atoms with Gasteiger partial charge in [0.15, 0.2) is 0 Å². The quantitative estimate of drug-likeness (QED) is 0.874. The molecule has 0 aliphatic heterocycles. The number of carbonyl (C=O) groups is 1. The Balaban J connectivity index is 3.05. The van der Waals surface area contributed by atoms with E-state index in [1.807, 2.05) is 0 Å². The molecule has 2 nitrogen and oxygen atoms in total. The molecule has 0 spiro atoms. The summed E-state index contributed by atoms with van der Waals surface area (Å²) in [5.41, 5.74) is 5.02. The first-order valence-corrected chi connectivity index (χ1v) is 5.20. The summed E-state index contributed by atoms with van der Waals surface area (Å²) in [5.74, 6) is -1.14. The lowest BCUT2D eigenvalue weighted by molar-refractivity contribution is -0.137. The SMILES string of the molecule is CC(C)C(C(N)=O)c1ccc(C(F)(F)F)cc1. The molecule has 0 heterocycles. The molecule has 0 saturated carbocycles. The van der Waals surface area contributed by atoms with E-state index in [-0.39, 0.29) is 5.92 Å². The van der Waals surface area contributed by atoms with Crippen molar-refractivity contribution in [2.75, 3.05) is 0 Å². The number of halogens is 3. The van der Waals surface area contributed by atoms with Gasteiger partial charge in [0, 0.05) is 0 Å². The summed E-state index contributed by atoms with van der Waals surface area (Å²) in [5, 5.41) is 0. The molecule has 5 heteroatoms. The number of rotatable bonds is 3. The Morgan fingerprint density at radius 1 is 1.18 bits per heavy atom. The molecule has 1 rings (SSSR count). The van der Waals surface area contributed by atoms with Crippen LogP contribution in [0.15, 0.2) is 24.3 Å². The average molecular weight is 245 g/mol. The Morgan fingerprint density at radius 3 is 1.94 bits per heavy atom. The van der Waals surface area contributed by atoms with E-state index in [4.69, 9.17) is 5.73 Å². The largest absolute Gasteiger partial charge is 0.416 e. The zero-order valence-corrected chi connectivity index (χ0v) is 9.58. The highest BCUT2D eigenvalue weighted by Gasteiger charge is 2.30. The van der Waals surface area contributed by atoms with Crippen LogP contribution >= 0.6 is 0 Å². The second kappa shape index (κ2) is 4.77. The maximum absolute atomic E-state index is 12.3. The van der Waals surface area contributed by atoms with Crippen molar-refractivity contribution in [2.45, 2.75) is 25.9 Å². The van der Waals surface area contributed by atoms with Gasteiger partial charge in [-0.1, -0.05) is 26.0 Å². The van der Waals surface area contributed by atoms with Crippen molar-refractivity contribution < 1.29 is 18.0 Å². The van der Waals surface area contributed by atoms with Crippen LogP contribution in [0.4, 0.5) is 13.2 Å². The monoisotopic (exact) mass is 245 g/mol. The zero-order valence-electron chi connectivity index (χ0n) is 9.58. The Hall–Kier alpha value is -1.52. The molecule has 0 bridgehead atoms. The van der Waals surface area contributed by atoms with Gasteiger partial charge in [0.25, 0.3) is 0 Å². The maximum Gasteiger partial charge on any atom is 0.416 e. The summed E-state index contributed by atoms with van der Waals surface area (Å²) in [6, 6.07) is 4.54. The lowest BCUT2D eigenvalue weighted by Crippen LogP contribution is -2.25. The number of benzene rings is 1. The van der Waals surface area contributed by atoms with Gasteiger partial charge in [-0.05, 0) is 23.6 Å². The molecule has 2 N–H and O–H groups in total. The van der Waals surface area contributed by atoms with Crippen LogP contribution in [0, 0.1) is 5.92 Å². The van der Waals surface area contributed by atoms with Crippen molar-refractivity contribution in [1.29, 1.82) is 0 Å². The molecule has 1 aromatic rings. The van der Waals surface area contributed by atoms with E-state index in [0.717, 1.165) is 12.1 Å². The topological polar surface area (TPSA) is 43.1 Å². The van der Waals surface area contributed by atoms with Crippen LogP contribution in [0.1, 0.15) is 30.9 Å². The van der Waals surface area contributed by atoms with Crippen molar-refractivity contribution in [3.63, 3.8) is 0 Å². The molecule has 94 valence electrons. The maximum atomic E-state index is 12.3. The fourth-order valence-electron chi connectivity index (χ4n) is 1.76. The third kappa shape index (κ3) is 3.22. The molecule has 0 saturated heterocycles. The Bertz CT molecular complexity index is 395. The summed E-state index contributed by atoms with van der Waals surface area (Å²) in [4.78, 5) is 11.2. The normalized spacial score (nSPS) is 13.8. The molecular weight excluding hydrogens is 231 g/mol. The predicted molar refractivity (Wildman–Crippen MR) is 58.2 cm³/mol. The van der Waals surface area contributed by atoms with Crippen molar-refractivity contribution in [3.05, 3.63) is 35.4 Å². The van der Waals surface area contributed by atoms with E-state index in [2.05, 4.69) is 0 Å². The van der Waals surface area contributed by atoms with Gasteiger partial charge in [-0.3, -0.25) is 4.79 Å². The first kappa shape index (κ1) is 13.5. The molecule has 0 aliphatic carbocycles. The molecule has 1 amide bonds. The predicted octanol–water partition coefficient (Wildman–Crippen LogP) is 2.93. The molecule has 0 fully saturated rings. The average Bonchev–Trinajstić information content (AvgIpc) is 2.15. The molecule has 1 aromatic carbocycles. The van der Waals surface area contributed by atoms with Gasteiger partial charge in [-0.25, -0.2) is 0 Å². The van der Waals surface area contributed by atoms with E-state index >= 15 is 0 Å². The molecule has 0 radical (unpaired) electrons. The lowest BCUT2D eigenvalue weighted by atomic mass is 9.87. The minimum atomic E-state index is -4.36. The number of carbonyl (C=O) groups excluding carboxylic acids is 1. The fourth-order valence-corrected chi connectivity index (χ4v) is 1.76.